The molecular formula is C17H26N4O3S2. The monoisotopic (exact) mass is 398 g/mol. The zero-order chi connectivity index (χ0) is 19.3. The molecule has 7 nitrogen and oxygen atoms in total. The second kappa shape index (κ2) is 9.07. The lowest BCUT2D eigenvalue weighted by Gasteiger charge is -2.35. The molecule has 1 amide bonds. The van der Waals surface area contributed by atoms with Crippen molar-refractivity contribution in [3.8, 4) is 0 Å². The summed E-state index contributed by atoms with van der Waals surface area (Å²) in [6.45, 7) is 4.36. The van der Waals surface area contributed by atoms with Gasteiger partial charge in [-0.1, -0.05) is 0 Å². The van der Waals surface area contributed by atoms with Gasteiger partial charge in [0, 0.05) is 30.7 Å². The fourth-order valence-corrected chi connectivity index (χ4v) is 4.01. The number of aliphatic hydroxyl groups excluding tert-OH is 1. The summed E-state index contributed by atoms with van der Waals surface area (Å²) in [4.78, 5) is 21.5. The van der Waals surface area contributed by atoms with Crippen LogP contribution in [-0.4, -0.2) is 49.8 Å². The fourth-order valence-electron chi connectivity index (χ4n) is 3.06. The van der Waals surface area contributed by atoms with E-state index in [2.05, 4.69) is 9.97 Å². The van der Waals surface area contributed by atoms with Gasteiger partial charge in [-0.25, -0.2) is 9.97 Å². The highest BCUT2D eigenvalue weighted by molar-refractivity contribution is 8.01. The molecule has 1 aliphatic heterocycles. The van der Waals surface area contributed by atoms with Crippen molar-refractivity contribution in [3.63, 3.8) is 0 Å². The van der Waals surface area contributed by atoms with Crippen molar-refractivity contribution in [2.45, 2.75) is 49.8 Å². The number of aliphatic hydroxyl groups is 1. The molecule has 2 heterocycles. The van der Waals surface area contributed by atoms with E-state index >= 15 is 0 Å². The Morgan fingerprint density at radius 2 is 2.31 bits per heavy atom. The first kappa shape index (κ1) is 21.0. The van der Waals surface area contributed by atoms with E-state index in [1.807, 2.05) is 0 Å². The van der Waals surface area contributed by atoms with E-state index < -0.39 is 4.08 Å². The van der Waals surface area contributed by atoms with E-state index in [9.17, 15) is 9.90 Å². The molecule has 0 spiro atoms. The lowest BCUT2D eigenvalue weighted by Crippen LogP contribution is -2.36. The number of thiol groups is 2. The van der Waals surface area contributed by atoms with E-state index in [1.165, 1.54) is 4.90 Å². The fraction of sp³-hybridized carbons (Fsp3) is 0.588. The van der Waals surface area contributed by atoms with Gasteiger partial charge in [0.2, 0.25) is 6.41 Å². The number of aryl methyl sites for hydroxylation is 1. The minimum atomic E-state index is -0.889. The van der Waals surface area contributed by atoms with Crippen LogP contribution in [0.15, 0.2) is 17.5 Å². The maximum atomic E-state index is 11.8. The molecule has 1 aromatic heterocycles. The van der Waals surface area contributed by atoms with Crippen LogP contribution < -0.4 is 5.73 Å². The summed E-state index contributed by atoms with van der Waals surface area (Å²) in [6.07, 6.45) is 4.25. The number of ether oxygens (including phenoxy) is 1. The van der Waals surface area contributed by atoms with Crippen LogP contribution >= 0.6 is 25.3 Å². The Labute approximate surface area is 164 Å². The van der Waals surface area contributed by atoms with Gasteiger partial charge in [-0.3, -0.25) is 4.79 Å². The third-order valence-electron chi connectivity index (χ3n) is 4.54. The second-order valence-electron chi connectivity index (χ2n) is 6.33. The van der Waals surface area contributed by atoms with Gasteiger partial charge in [0.15, 0.2) is 0 Å². The maximum absolute atomic E-state index is 11.8. The quantitative estimate of drug-likeness (QED) is 0.302. The first-order chi connectivity index (χ1) is 12.3. The Hall–Kier alpha value is -1.29. The molecule has 144 valence electrons. The summed E-state index contributed by atoms with van der Waals surface area (Å²) in [5.74, 6) is 0.906. The molecule has 2 rings (SSSR count). The Kier molecular flexibility index (Phi) is 7.33. The summed E-state index contributed by atoms with van der Waals surface area (Å²) >= 11 is 9.44. The first-order valence-corrected chi connectivity index (χ1v) is 9.38. The van der Waals surface area contributed by atoms with Gasteiger partial charge in [0.1, 0.15) is 15.7 Å². The standard InChI is InChI=1S/C17H26N4O3S2/c1-11(14(5-6-22)17(25,26)15-4-3-7-24-15)21(10-23)9-13-8-19-12(2)20-16(13)18/h8,10,15,22,25-26H,3-7,9H2,1-2H3,(H2,18,19,20). The number of nitrogens with zero attached hydrogens (tertiary/aromatic N) is 3. The van der Waals surface area contributed by atoms with Crippen molar-refractivity contribution in [2.75, 3.05) is 18.9 Å². The van der Waals surface area contributed by atoms with E-state index in [0.29, 0.717) is 35.9 Å². The van der Waals surface area contributed by atoms with Crippen LogP contribution in [0, 0.1) is 6.92 Å². The molecule has 1 saturated heterocycles. The molecular weight excluding hydrogens is 372 g/mol. The van der Waals surface area contributed by atoms with Crippen molar-refractivity contribution >= 4 is 37.5 Å². The lowest BCUT2D eigenvalue weighted by atomic mass is 9.99. The average Bonchev–Trinajstić information content (AvgIpc) is 3.14. The van der Waals surface area contributed by atoms with Crippen molar-refractivity contribution in [2.24, 2.45) is 0 Å². The zero-order valence-corrected chi connectivity index (χ0v) is 16.8. The number of nitrogens with two attached hydrogens (primary N) is 1. The number of aromatic nitrogens is 2. The predicted molar refractivity (Wildman–Crippen MR) is 107 cm³/mol. The molecule has 0 bridgehead atoms. The zero-order valence-electron chi connectivity index (χ0n) is 15.1. The normalized spacial score (nSPS) is 18.6. The molecule has 0 aromatic carbocycles. The number of allylic oxidation sites excluding steroid dienone is 1. The Bertz CT molecular complexity index is 676. The number of anilines is 1. The number of hydrogen-bond acceptors (Lipinski definition) is 8. The molecule has 1 atom stereocenters. The highest BCUT2D eigenvalue weighted by Gasteiger charge is 2.39. The summed E-state index contributed by atoms with van der Waals surface area (Å²) in [5, 5.41) is 9.52. The van der Waals surface area contributed by atoms with Crippen molar-refractivity contribution in [3.05, 3.63) is 28.9 Å². The SMILES string of the molecule is CC(=C(CCO)C(S)(S)C1CCCO1)N(C=O)Cc1cnc(C)nc1N. The minimum Gasteiger partial charge on any atom is -0.396 e. The van der Waals surface area contributed by atoms with E-state index in [-0.39, 0.29) is 19.3 Å². The Morgan fingerprint density at radius 1 is 1.58 bits per heavy atom. The number of carbonyl (C=O) groups is 1. The first-order valence-electron chi connectivity index (χ1n) is 8.48. The van der Waals surface area contributed by atoms with E-state index in [1.54, 1.807) is 20.0 Å². The van der Waals surface area contributed by atoms with Gasteiger partial charge < -0.3 is 20.5 Å². The van der Waals surface area contributed by atoms with Gasteiger partial charge in [-0.05, 0) is 38.7 Å². The van der Waals surface area contributed by atoms with Crippen LogP contribution in [0.2, 0.25) is 0 Å². The molecule has 1 aromatic rings. The second-order valence-corrected chi connectivity index (χ2v) is 8.09. The van der Waals surface area contributed by atoms with Gasteiger partial charge in [0.05, 0.1) is 12.6 Å². The van der Waals surface area contributed by atoms with Crippen LogP contribution in [0.25, 0.3) is 0 Å². The van der Waals surface area contributed by atoms with Crippen LogP contribution in [0.4, 0.5) is 5.82 Å². The Morgan fingerprint density at radius 3 is 2.85 bits per heavy atom. The van der Waals surface area contributed by atoms with Crippen LogP contribution in [-0.2, 0) is 16.1 Å². The molecule has 9 heteroatoms. The van der Waals surface area contributed by atoms with Crippen LogP contribution in [0.3, 0.4) is 0 Å². The average molecular weight is 399 g/mol. The van der Waals surface area contributed by atoms with E-state index in [4.69, 9.17) is 35.7 Å². The summed E-state index contributed by atoms with van der Waals surface area (Å²) in [5.41, 5.74) is 8.00. The topological polar surface area (TPSA) is 102 Å². The summed E-state index contributed by atoms with van der Waals surface area (Å²) < 4.78 is 4.85. The van der Waals surface area contributed by atoms with Gasteiger partial charge in [0.25, 0.3) is 0 Å². The largest absolute Gasteiger partial charge is 0.396 e. The number of rotatable bonds is 8. The number of carbonyl (C=O) groups excluding carboxylic acids is 1. The van der Waals surface area contributed by atoms with Gasteiger partial charge >= 0.3 is 0 Å². The molecule has 1 aliphatic rings. The predicted octanol–water partition coefficient (Wildman–Crippen LogP) is 1.72. The van der Waals surface area contributed by atoms with Crippen molar-refractivity contribution in [1.82, 2.24) is 14.9 Å². The molecule has 0 saturated carbocycles. The molecule has 26 heavy (non-hydrogen) atoms. The summed E-state index contributed by atoms with van der Waals surface area (Å²) in [6, 6.07) is 0. The van der Waals surface area contributed by atoms with Crippen LogP contribution in [0.1, 0.15) is 37.6 Å². The molecule has 3 N–H and O–H groups in total. The highest BCUT2D eigenvalue weighted by atomic mass is 32.2. The lowest BCUT2D eigenvalue weighted by molar-refractivity contribution is -0.117. The van der Waals surface area contributed by atoms with Gasteiger partial charge in [-0.2, -0.15) is 25.3 Å². The molecule has 1 fully saturated rings. The number of nitrogen functional groups attached to an aromatic ring is 1. The third kappa shape index (κ3) is 4.70. The third-order valence-corrected chi connectivity index (χ3v) is 5.65. The number of hydrogen-bond donors (Lipinski definition) is 4. The van der Waals surface area contributed by atoms with E-state index in [0.717, 1.165) is 24.8 Å². The molecule has 0 radical (unpaired) electrons. The van der Waals surface area contributed by atoms with Crippen molar-refractivity contribution in [1.29, 1.82) is 0 Å². The molecule has 0 aliphatic carbocycles. The van der Waals surface area contributed by atoms with Crippen LogP contribution in [0.5, 0.6) is 0 Å². The van der Waals surface area contributed by atoms with Crippen molar-refractivity contribution < 1.29 is 14.6 Å². The minimum absolute atomic E-state index is 0.0786. The summed E-state index contributed by atoms with van der Waals surface area (Å²) in [7, 11) is 0. The Balaban J connectivity index is 2.35. The smallest absolute Gasteiger partial charge is 0.214 e. The maximum Gasteiger partial charge on any atom is 0.214 e. The molecule has 1 unspecified atom stereocenters. The highest BCUT2D eigenvalue weighted by Crippen LogP contribution is 2.42. The van der Waals surface area contributed by atoms with Gasteiger partial charge in [-0.15, -0.1) is 0 Å². The number of amides is 1.